The van der Waals surface area contributed by atoms with Crippen molar-refractivity contribution in [1.29, 1.82) is 0 Å². The van der Waals surface area contributed by atoms with Crippen molar-refractivity contribution in [3.05, 3.63) is 52.5 Å². The van der Waals surface area contributed by atoms with Crippen molar-refractivity contribution >= 4 is 23.1 Å². The lowest BCUT2D eigenvalue weighted by Gasteiger charge is -2.26. The Kier molecular flexibility index (Phi) is 7.88. The molecule has 1 aromatic heterocycles. The highest BCUT2D eigenvalue weighted by Gasteiger charge is 2.44. The van der Waals surface area contributed by atoms with Crippen molar-refractivity contribution in [3.8, 4) is 16.9 Å². The maximum absolute atomic E-state index is 14.7. The molecule has 13 heteroatoms. The standard InChI is InChI=1S/C20H25F2N2O7PS/c1-20(33(5,28)29,19(26)23-31-32(3,4)27)8-9-24-12-17(22)15(11-18(24)25)14-7-6-13(30-2)10-16(14)21/h6-7,10-12H,8-9H2,1-5H3,(H,23,26)/t20-/m1/s1. The molecule has 0 fully saturated rings. The van der Waals surface area contributed by atoms with Crippen molar-refractivity contribution in [2.45, 2.75) is 24.6 Å². The number of aryl methyl sites for hydroxylation is 1. The van der Waals surface area contributed by atoms with E-state index in [1.54, 1.807) is 0 Å². The van der Waals surface area contributed by atoms with Gasteiger partial charge in [-0.15, -0.1) is 0 Å². The highest BCUT2D eigenvalue weighted by molar-refractivity contribution is 7.92. The summed E-state index contributed by atoms with van der Waals surface area (Å²) in [4.78, 5) is 25.0. The first kappa shape index (κ1) is 26.7. The van der Waals surface area contributed by atoms with Crippen molar-refractivity contribution in [2.24, 2.45) is 0 Å². The van der Waals surface area contributed by atoms with Crippen LogP contribution in [0.15, 0.2) is 35.3 Å². The molecular formula is C20H25F2N2O7PS. The van der Waals surface area contributed by atoms with Crippen LogP contribution in [0.25, 0.3) is 11.1 Å². The number of benzene rings is 1. The Morgan fingerprint density at radius 2 is 1.82 bits per heavy atom. The lowest BCUT2D eigenvalue weighted by molar-refractivity contribution is -0.130. The number of methoxy groups -OCH3 is 1. The van der Waals surface area contributed by atoms with Crippen LogP contribution in [-0.2, 0) is 30.4 Å². The predicted octanol–water partition coefficient (Wildman–Crippen LogP) is 2.58. The zero-order valence-electron chi connectivity index (χ0n) is 18.7. The fourth-order valence-corrected chi connectivity index (χ4v) is 3.97. The molecule has 0 radical (unpaired) electrons. The number of amides is 1. The number of nitrogens with one attached hydrogen (secondary N) is 1. The smallest absolute Gasteiger partial charge is 0.265 e. The molecule has 1 atom stereocenters. The molecular weight excluding hydrogens is 481 g/mol. The first-order chi connectivity index (χ1) is 15.1. The van der Waals surface area contributed by atoms with E-state index in [0.717, 1.165) is 36.1 Å². The Morgan fingerprint density at radius 3 is 2.33 bits per heavy atom. The number of hydrogen-bond donors (Lipinski definition) is 1. The third-order valence-electron chi connectivity index (χ3n) is 5.03. The number of nitrogens with zero attached hydrogens (tertiary/aromatic N) is 1. The summed E-state index contributed by atoms with van der Waals surface area (Å²) < 4.78 is 73.8. The van der Waals surface area contributed by atoms with Gasteiger partial charge in [0.25, 0.3) is 11.5 Å². The van der Waals surface area contributed by atoms with E-state index in [0.29, 0.717) is 0 Å². The summed E-state index contributed by atoms with van der Waals surface area (Å²) in [5.41, 5.74) is 0.712. The number of aromatic nitrogens is 1. The zero-order chi connectivity index (χ0) is 25.2. The highest BCUT2D eigenvalue weighted by Crippen LogP contribution is 2.36. The number of halogens is 2. The van der Waals surface area contributed by atoms with Gasteiger partial charge < -0.3 is 9.30 Å². The molecule has 2 rings (SSSR count). The predicted molar refractivity (Wildman–Crippen MR) is 119 cm³/mol. The van der Waals surface area contributed by atoms with Crippen LogP contribution in [0.4, 0.5) is 8.78 Å². The summed E-state index contributed by atoms with van der Waals surface area (Å²) in [5, 5.41) is 0. The van der Waals surface area contributed by atoms with Crippen LogP contribution in [0.5, 0.6) is 5.75 Å². The molecule has 1 N–H and O–H groups in total. The number of hydroxylamine groups is 1. The third-order valence-corrected chi connectivity index (χ3v) is 7.59. The molecule has 0 bridgehead atoms. The Morgan fingerprint density at radius 1 is 1.18 bits per heavy atom. The first-order valence-electron chi connectivity index (χ1n) is 9.56. The van der Waals surface area contributed by atoms with Crippen molar-refractivity contribution in [2.75, 3.05) is 26.7 Å². The van der Waals surface area contributed by atoms with E-state index >= 15 is 0 Å². The van der Waals surface area contributed by atoms with Crippen molar-refractivity contribution < 1.29 is 35.9 Å². The number of rotatable bonds is 9. The van der Waals surface area contributed by atoms with Gasteiger partial charge in [0, 0.05) is 55.6 Å². The molecule has 1 aromatic carbocycles. The van der Waals surface area contributed by atoms with Gasteiger partial charge in [-0.1, -0.05) is 0 Å². The quantitative estimate of drug-likeness (QED) is 0.410. The first-order valence-corrected chi connectivity index (χ1v) is 14.0. The van der Waals surface area contributed by atoms with Crippen molar-refractivity contribution in [1.82, 2.24) is 10.0 Å². The topological polar surface area (TPSA) is 121 Å². The van der Waals surface area contributed by atoms with Gasteiger partial charge in [-0.2, -0.15) is 0 Å². The van der Waals surface area contributed by atoms with E-state index in [9.17, 15) is 31.4 Å². The van der Waals surface area contributed by atoms with E-state index in [4.69, 9.17) is 9.36 Å². The Hall–Kier alpha value is -2.56. The summed E-state index contributed by atoms with van der Waals surface area (Å²) in [5.74, 6) is -2.59. The largest absolute Gasteiger partial charge is 0.497 e. The maximum atomic E-state index is 14.7. The molecule has 2 aromatic rings. The number of carbonyl (C=O) groups excluding carboxylic acids is 1. The molecule has 1 heterocycles. The van der Waals surface area contributed by atoms with E-state index in [1.807, 2.05) is 5.48 Å². The van der Waals surface area contributed by atoms with Gasteiger partial charge in [0.2, 0.25) is 7.37 Å². The second-order valence-corrected chi connectivity index (χ2v) is 13.1. The lowest BCUT2D eigenvalue weighted by atomic mass is 10.0. The van der Waals surface area contributed by atoms with Crippen LogP contribution in [-0.4, -0.2) is 50.3 Å². The minimum atomic E-state index is -4.04. The maximum Gasteiger partial charge on any atom is 0.265 e. The Balaban J connectivity index is 2.34. The van der Waals surface area contributed by atoms with E-state index in [-0.39, 0.29) is 23.4 Å². The molecule has 0 saturated carbocycles. The molecule has 182 valence electrons. The second kappa shape index (κ2) is 9.74. The summed E-state index contributed by atoms with van der Waals surface area (Å²) in [7, 11) is -5.84. The number of hydrogen-bond acceptors (Lipinski definition) is 7. The van der Waals surface area contributed by atoms with Crippen LogP contribution >= 0.6 is 7.37 Å². The summed E-state index contributed by atoms with van der Waals surface area (Å²) in [6.45, 7) is 3.20. The normalized spacial score (nSPS) is 13.9. The molecule has 0 aliphatic rings. The lowest BCUT2D eigenvalue weighted by Crippen LogP contribution is -2.50. The van der Waals surface area contributed by atoms with Crippen molar-refractivity contribution in [3.63, 3.8) is 0 Å². The molecule has 33 heavy (non-hydrogen) atoms. The average Bonchev–Trinajstić information content (AvgIpc) is 2.70. The van der Waals surface area contributed by atoms with Gasteiger partial charge in [0.15, 0.2) is 14.6 Å². The van der Waals surface area contributed by atoms with Gasteiger partial charge in [-0.25, -0.2) is 27.3 Å². The Bertz CT molecular complexity index is 1270. The highest BCUT2D eigenvalue weighted by atomic mass is 32.2. The zero-order valence-corrected chi connectivity index (χ0v) is 20.4. The molecule has 0 aliphatic heterocycles. The molecule has 0 aliphatic carbocycles. The summed E-state index contributed by atoms with van der Waals surface area (Å²) >= 11 is 0. The molecule has 0 unspecified atom stereocenters. The third kappa shape index (κ3) is 6.27. The number of sulfone groups is 1. The number of ether oxygens (including phenoxy) is 1. The van der Waals surface area contributed by atoms with Gasteiger partial charge in [0.1, 0.15) is 17.4 Å². The monoisotopic (exact) mass is 506 g/mol. The van der Waals surface area contributed by atoms with Crippen LogP contribution in [0.1, 0.15) is 13.3 Å². The summed E-state index contributed by atoms with van der Waals surface area (Å²) in [6.07, 6.45) is 1.21. The van der Waals surface area contributed by atoms with Crippen LogP contribution in [0, 0.1) is 11.6 Å². The molecule has 0 spiro atoms. The number of pyridine rings is 1. The Labute approximate surface area is 190 Å². The summed E-state index contributed by atoms with van der Waals surface area (Å²) in [6, 6.07) is 4.60. The molecule has 9 nitrogen and oxygen atoms in total. The fourth-order valence-electron chi connectivity index (χ4n) is 2.83. The minimum Gasteiger partial charge on any atom is -0.497 e. The molecule has 1 amide bonds. The van der Waals surface area contributed by atoms with E-state index in [1.165, 1.54) is 32.6 Å². The van der Waals surface area contributed by atoms with Crippen LogP contribution < -0.4 is 15.8 Å². The second-order valence-electron chi connectivity index (χ2n) is 7.94. The molecule has 0 saturated heterocycles. The average molecular weight is 506 g/mol. The van der Waals surface area contributed by atoms with E-state index in [2.05, 4.69) is 0 Å². The SMILES string of the molecule is COc1ccc(-c2cc(=O)n(CC[C@](C)(C(=O)NOP(C)(C)=O)S(C)(=O)=O)cc2F)c(F)c1. The minimum absolute atomic E-state index is 0.154. The van der Waals surface area contributed by atoms with Crippen LogP contribution in [0.2, 0.25) is 0 Å². The number of carbonyl (C=O) groups is 1. The van der Waals surface area contributed by atoms with Gasteiger partial charge >= 0.3 is 0 Å². The van der Waals surface area contributed by atoms with E-state index < -0.39 is 51.5 Å². The fraction of sp³-hybridized carbons (Fsp3) is 0.400. The van der Waals surface area contributed by atoms with Gasteiger partial charge in [0.05, 0.1) is 7.11 Å². The van der Waals surface area contributed by atoms with Crippen LogP contribution in [0.3, 0.4) is 0 Å². The van der Waals surface area contributed by atoms with Gasteiger partial charge in [-0.05, 0) is 25.5 Å². The van der Waals surface area contributed by atoms with Gasteiger partial charge in [-0.3, -0.25) is 14.2 Å².